The number of rotatable bonds is 4. The molecule has 0 fully saturated rings. The molecule has 4 aromatic heterocycles. The molecule has 0 bridgehead atoms. The van der Waals surface area contributed by atoms with E-state index in [0.29, 0.717) is 11.6 Å². The number of benzene rings is 6. The van der Waals surface area contributed by atoms with Crippen LogP contribution >= 0.6 is 0 Å². The maximum atomic E-state index is 6.62. The van der Waals surface area contributed by atoms with Crippen LogP contribution < -0.4 is 0 Å². The maximum Gasteiger partial charge on any atom is 0.163 e. The van der Waals surface area contributed by atoms with Gasteiger partial charge in [0.15, 0.2) is 11.6 Å². The lowest BCUT2D eigenvalue weighted by atomic mass is 9.83. The number of aromatic nitrogens is 4. The third-order valence-corrected chi connectivity index (χ3v) is 10.6. The molecule has 0 aliphatic heterocycles. The zero-order valence-corrected chi connectivity index (χ0v) is 28.2. The van der Waals surface area contributed by atoms with Crippen molar-refractivity contribution < 1.29 is 8.83 Å². The molecule has 0 saturated heterocycles. The van der Waals surface area contributed by atoms with E-state index in [0.717, 1.165) is 84.0 Å². The van der Waals surface area contributed by atoms with Gasteiger partial charge in [-0.3, -0.25) is 0 Å². The van der Waals surface area contributed by atoms with Crippen LogP contribution in [0.5, 0.6) is 0 Å². The van der Waals surface area contributed by atoms with Crippen molar-refractivity contribution in [2.24, 2.45) is 0 Å². The van der Waals surface area contributed by atoms with Crippen LogP contribution in [-0.2, 0) is 5.41 Å². The first-order chi connectivity index (χ1) is 25.6. The summed E-state index contributed by atoms with van der Waals surface area (Å²) in [7, 11) is 0. The summed E-state index contributed by atoms with van der Waals surface area (Å²) in [6.07, 6.45) is 9.31. The fraction of sp³-hybridized carbons (Fsp3) is 0.0652. The van der Waals surface area contributed by atoms with Crippen LogP contribution in [-0.4, -0.2) is 19.5 Å². The van der Waals surface area contributed by atoms with Gasteiger partial charge in [0.25, 0.3) is 0 Å². The second-order valence-electron chi connectivity index (χ2n) is 13.9. The first-order valence-electron chi connectivity index (χ1n) is 17.6. The van der Waals surface area contributed by atoms with Crippen molar-refractivity contribution in [3.8, 4) is 28.5 Å². The van der Waals surface area contributed by atoms with Gasteiger partial charge in [-0.2, -0.15) is 0 Å². The van der Waals surface area contributed by atoms with Crippen molar-refractivity contribution in [3.05, 3.63) is 158 Å². The summed E-state index contributed by atoms with van der Waals surface area (Å²) >= 11 is 0. The van der Waals surface area contributed by atoms with Crippen molar-refractivity contribution in [1.29, 1.82) is 0 Å². The number of para-hydroxylation sites is 2. The van der Waals surface area contributed by atoms with Gasteiger partial charge in [-0.15, -0.1) is 0 Å². The number of hydrogen-bond donors (Lipinski definition) is 0. The van der Waals surface area contributed by atoms with Gasteiger partial charge < -0.3 is 13.4 Å². The van der Waals surface area contributed by atoms with E-state index < -0.39 is 0 Å². The molecule has 0 amide bonds. The Morgan fingerprint density at radius 1 is 0.538 bits per heavy atom. The second-order valence-corrected chi connectivity index (χ2v) is 13.9. The fourth-order valence-corrected chi connectivity index (χ4v) is 7.95. The minimum Gasteiger partial charge on any atom is -0.456 e. The Morgan fingerprint density at radius 2 is 1.21 bits per heavy atom. The van der Waals surface area contributed by atoms with E-state index in [9.17, 15) is 0 Å². The number of allylic oxidation sites excluding steroid dienone is 4. The van der Waals surface area contributed by atoms with Gasteiger partial charge in [0.1, 0.15) is 28.2 Å². The van der Waals surface area contributed by atoms with Crippen LogP contribution in [0.4, 0.5) is 0 Å². The SMILES string of the molecule is CC1(c2nc(-c3ccccc3)nc(-c3ccc4oc5cc6c(cc5c4c3)oc3cccc(-n4c5ccccc5c5ccccc54)c36)n2)C=CC=CC1. The number of furan rings is 2. The van der Waals surface area contributed by atoms with Crippen LogP contribution in [0.25, 0.3) is 94.1 Å². The molecule has 0 radical (unpaired) electrons. The lowest BCUT2D eigenvalue weighted by Crippen LogP contribution is -2.24. The molecule has 0 spiro atoms. The van der Waals surface area contributed by atoms with Gasteiger partial charge in [-0.1, -0.05) is 97.1 Å². The van der Waals surface area contributed by atoms with Gasteiger partial charge in [0.2, 0.25) is 0 Å². The van der Waals surface area contributed by atoms with Crippen LogP contribution in [0.15, 0.2) is 161 Å². The Labute approximate surface area is 298 Å². The maximum absolute atomic E-state index is 6.62. The molecule has 0 N–H and O–H groups in total. The zero-order valence-electron chi connectivity index (χ0n) is 28.2. The molecule has 52 heavy (non-hydrogen) atoms. The van der Waals surface area contributed by atoms with Gasteiger partial charge in [-0.25, -0.2) is 15.0 Å². The fourth-order valence-electron chi connectivity index (χ4n) is 7.95. The predicted molar refractivity (Wildman–Crippen MR) is 210 cm³/mol. The van der Waals surface area contributed by atoms with Gasteiger partial charge in [0.05, 0.1) is 22.1 Å². The van der Waals surface area contributed by atoms with E-state index in [-0.39, 0.29) is 5.41 Å². The van der Waals surface area contributed by atoms with Crippen LogP contribution in [0, 0.1) is 0 Å². The largest absolute Gasteiger partial charge is 0.456 e. The quantitative estimate of drug-likeness (QED) is 0.186. The number of nitrogens with zero attached hydrogens (tertiary/aromatic N) is 4. The summed E-state index contributed by atoms with van der Waals surface area (Å²) in [5.41, 5.74) is 8.13. The third-order valence-electron chi connectivity index (χ3n) is 10.6. The smallest absolute Gasteiger partial charge is 0.163 e. The predicted octanol–water partition coefficient (Wildman–Crippen LogP) is 11.9. The summed E-state index contributed by atoms with van der Waals surface area (Å²) in [5.74, 6) is 2.03. The summed E-state index contributed by atoms with van der Waals surface area (Å²) in [5, 5.41) is 6.47. The highest BCUT2D eigenvalue weighted by molar-refractivity contribution is 6.18. The Balaban J connectivity index is 1.10. The van der Waals surface area contributed by atoms with E-state index in [1.165, 1.54) is 10.8 Å². The molecule has 10 aromatic rings. The Kier molecular flexibility index (Phi) is 6.05. The zero-order chi connectivity index (χ0) is 34.4. The van der Waals surface area contributed by atoms with E-state index in [1.54, 1.807) is 0 Å². The minimum absolute atomic E-state index is 0.340. The van der Waals surface area contributed by atoms with Crippen molar-refractivity contribution >= 4 is 65.7 Å². The van der Waals surface area contributed by atoms with Crippen LogP contribution in [0.1, 0.15) is 19.2 Å². The lowest BCUT2D eigenvalue weighted by Gasteiger charge is -2.25. The third kappa shape index (κ3) is 4.27. The van der Waals surface area contributed by atoms with Crippen molar-refractivity contribution in [2.75, 3.05) is 0 Å². The van der Waals surface area contributed by atoms with Crippen LogP contribution in [0.3, 0.4) is 0 Å². The molecule has 1 atom stereocenters. The number of hydrogen-bond acceptors (Lipinski definition) is 5. The molecule has 6 aromatic carbocycles. The van der Waals surface area contributed by atoms with Gasteiger partial charge in [-0.05, 0) is 67.9 Å². The molecule has 0 saturated carbocycles. The molecular weight excluding hydrogens is 641 g/mol. The molecule has 1 aliphatic rings. The molecule has 1 aliphatic carbocycles. The standard InChI is InChI=1S/C46H30N4O2/c1-46(23-10-3-11-24-46)45-48-43(28-13-4-2-5-14-28)47-44(49-45)29-21-22-38-32(25-29)33-26-41-34(27-40(33)51-38)42-37(19-12-20-39(42)52-41)50-35-17-8-6-15-30(35)31-16-7-9-18-36(31)50/h2-23,25-27H,24H2,1H3. The first kappa shape index (κ1) is 29.0. The van der Waals surface area contributed by atoms with E-state index in [2.05, 4.69) is 115 Å². The van der Waals surface area contributed by atoms with E-state index >= 15 is 0 Å². The minimum atomic E-state index is -0.340. The average molecular weight is 671 g/mol. The topological polar surface area (TPSA) is 69.9 Å². The number of fused-ring (bicyclic) bond motifs is 9. The van der Waals surface area contributed by atoms with Gasteiger partial charge >= 0.3 is 0 Å². The van der Waals surface area contributed by atoms with Crippen molar-refractivity contribution in [1.82, 2.24) is 19.5 Å². The lowest BCUT2D eigenvalue weighted by molar-refractivity contribution is 0.554. The molecule has 1 unspecified atom stereocenters. The highest BCUT2D eigenvalue weighted by atomic mass is 16.3. The highest BCUT2D eigenvalue weighted by Gasteiger charge is 2.29. The monoisotopic (exact) mass is 670 g/mol. The van der Waals surface area contributed by atoms with Crippen molar-refractivity contribution in [3.63, 3.8) is 0 Å². The van der Waals surface area contributed by atoms with Crippen molar-refractivity contribution in [2.45, 2.75) is 18.8 Å². The second kappa shape index (κ2) is 10.9. The Bertz CT molecular complexity index is 3070. The highest BCUT2D eigenvalue weighted by Crippen LogP contribution is 2.42. The van der Waals surface area contributed by atoms with Gasteiger partial charge in [0, 0.05) is 43.5 Å². The van der Waals surface area contributed by atoms with E-state index in [1.807, 2.05) is 48.5 Å². The average Bonchev–Trinajstić information content (AvgIpc) is 3.86. The molecule has 246 valence electrons. The molecule has 6 nitrogen and oxygen atoms in total. The Hall–Kier alpha value is -6.79. The molecular formula is C46H30N4O2. The van der Waals surface area contributed by atoms with E-state index in [4.69, 9.17) is 23.8 Å². The summed E-state index contributed by atoms with van der Waals surface area (Å²) < 4.78 is 15.5. The molecule has 11 rings (SSSR count). The summed E-state index contributed by atoms with van der Waals surface area (Å²) in [6.45, 7) is 2.18. The molecule has 6 heteroatoms. The summed E-state index contributed by atoms with van der Waals surface area (Å²) in [4.78, 5) is 15.1. The normalized spacial score (nSPS) is 16.0. The Morgan fingerprint density at radius 3 is 1.98 bits per heavy atom. The first-order valence-corrected chi connectivity index (χ1v) is 17.6. The summed E-state index contributed by atoms with van der Waals surface area (Å²) in [6, 6.07) is 44.0. The molecule has 4 heterocycles. The van der Waals surface area contributed by atoms with Crippen LogP contribution in [0.2, 0.25) is 0 Å².